The number of benzene rings is 8. The zero-order chi connectivity index (χ0) is 39.1. The lowest BCUT2D eigenvalue weighted by atomic mass is 9.29. The molecule has 0 saturated heterocycles. The van der Waals surface area contributed by atoms with E-state index in [2.05, 4.69) is 240 Å². The summed E-state index contributed by atoms with van der Waals surface area (Å²) >= 11 is 0. The highest BCUT2D eigenvalue weighted by Crippen LogP contribution is 2.48. The van der Waals surface area contributed by atoms with Gasteiger partial charge in [-0.3, -0.25) is 0 Å². The van der Waals surface area contributed by atoms with Gasteiger partial charge in [-0.15, -0.1) is 0 Å². The van der Waals surface area contributed by atoms with E-state index >= 15 is 0 Å². The predicted octanol–water partition coefficient (Wildman–Crippen LogP) is 12.5. The molecule has 4 nitrogen and oxygen atoms in total. The molecule has 11 rings (SSSR count). The quantitative estimate of drug-likeness (QED) is 0.156. The largest absolute Gasteiger partial charge is 0.458 e. The number of para-hydroxylation sites is 4. The lowest BCUT2D eigenvalue weighted by molar-refractivity contribution is 0.486. The Morgan fingerprint density at radius 1 is 0.458 bits per heavy atom. The SMILES string of the molecule is C1=C(c2ccccc2)C(N(c2ccccc2)c2ccccc2)=CC2Nc3cccc4c3B(c3cc(-c5ccccc5)c(N(c5ccccc5)c5ccccc5)cc3O4)C12. The van der Waals surface area contributed by atoms with Crippen LogP contribution in [0.15, 0.2) is 230 Å². The van der Waals surface area contributed by atoms with Crippen LogP contribution in [0.5, 0.6) is 11.5 Å². The van der Waals surface area contributed by atoms with Crippen LogP contribution < -0.4 is 30.8 Å². The van der Waals surface area contributed by atoms with Crippen LogP contribution in [0.3, 0.4) is 0 Å². The molecule has 0 aromatic heterocycles. The third-order valence-corrected chi connectivity index (χ3v) is 11.9. The monoisotopic (exact) mass is 757 g/mol. The Kier molecular flexibility index (Phi) is 8.70. The summed E-state index contributed by atoms with van der Waals surface area (Å²) in [5.74, 6) is 1.86. The number of hydrogen-bond acceptors (Lipinski definition) is 4. The van der Waals surface area contributed by atoms with Crippen molar-refractivity contribution in [2.75, 3.05) is 15.1 Å². The fourth-order valence-corrected chi connectivity index (χ4v) is 9.30. The Morgan fingerprint density at radius 2 is 0.966 bits per heavy atom. The van der Waals surface area contributed by atoms with Crippen molar-refractivity contribution >= 4 is 57.3 Å². The van der Waals surface area contributed by atoms with E-state index in [0.29, 0.717) is 0 Å². The highest BCUT2D eigenvalue weighted by molar-refractivity contribution is 6.90. The number of allylic oxidation sites excluding steroid dienone is 1. The average molecular weight is 758 g/mol. The van der Waals surface area contributed by atoms with Crippen LogP contribution in [0.2, 0.25) is 5.82 Å². The van der Waals surface area contributed by atoms with Crippen molar-refractivity contribution in [1.29, 1.82) is 0 Å². The molecular formula is C54H40BN3O. The molecule has 3 aliphatic rings. The molecule has 1 N–H and O–H groups in total. The Hall–Kier alpha value is -7.50. The van der Waals surface area contributed by atoms with Gasteiger partial charge in [-0.25, -0.2) is 0 Å². The molecule has 5 heteroatoms. The van der Waals surface area contributed by atoms with Crippen LogP contribution in [0.4, 0.5) is 34.1 Å². The maximum atomic E-state index is 7.03. The Labute approximate surface area is 346 Å². The minimum absolute atomic E-state index is 0.00363. The highest BCUT2D eigenvalue weighted by Gasteiger charge is 2.47. The summed E-state index contributed by atoms with van der Waals surface area (Å²) in [5.41, 5.74) is 14.8. The summed E-state index contributed by atoms with van der Waals surface area (Å²) < 4.78 is 7.03. The first kappa shape index (κ1) is 34.7. The Bertz CT molecular complexity index is 2750. The van der Waals surface area contributed by atoms with Crippen LogP contribution in [0.1, 0.15) is 5.56 Å². The van der Waals surface area contributed by atoms with Gasteiger partial charge in [0.05, 0.1) is 11.4 Å². The average Bonchev–Trinajstić information content (AvgIpc) is 3.31. The molecule has 59 heavy (non-hydrogen) atoms. The van der Waals surface area contributed by atoms with Crippen LogP contribution in [-0.4, -0.2) is 12.8 Å². The van der Waals surface area contributed by atoms with E-state index in [0.717, 1.165) is 62.4 Å². The topological polar surface area (TPSA) is 27.7 Å². The van der Waals surface area contributed by atoms with Crippen molar-refractivity contribution < 1.29 is 4.74 Å². The van der Waals surface area contributed by atoms with E-state index < -0.39 is 0 Å². The molecule has 280 valence electrons. The standard InChI is InChI=1S/C54H40BN3O/c1-7-20-38(21-8-1)44-34-46-49(36-50(44)57(40-24-11-3-12-25-40)41-26-13-4-14-27-41)56-48-32-19-33-52-54(48)55(46)47-35-45(39-22-9-2-10-23-39)51(37-53(47)59-52)58(42-28-15-5-16-29-42)43-30-17-6-18-31-43/h1-37,46,49,56H. The van der Waals surface area contributed by atoms with Gasteiger partial charge in [0.2, 0.25) is 6.71 Å². The van der Waals surface area contributed by atoms with E-state index in [1.165, 1.54) is 22.1 Å². The van der Waals surface area contributed by atoms with E-state index in [1.807, 2.05) is 0 Å². The van der Waals surface area contributed by atoms with Crippen LogP contribution in [-0.2, 0) is 0 Å². The van der Waals surface area contributed by atoms with Gasteiger partial charge in [0.1, 0.15) is 11.5 Å². The van der Waals surface area contributed by atoms with Crippen molar-refractivity contribution in [2.24, 2.45) is 0 Å². The number of rotatable bonds is 8. The number of nitrogens with one attached hydrogen (secondary N) is 1. The second-order valence-corrected chi connectivity index (χ2v) is 15.3. The van der Waals surface area contributed by atoms with Gasteiger partial charge < -0.3 is 19.9 Å². The van der Waals surface area contributed by atoms with Gasteiger partial charge in [-0.05, 0) is 94.6 Å². The van der Waals surface area contributed by atoms with Gasteiger partial charge in [0, 0.05) is 51.7 Å². The molecule has 0 bridgehead atoms. The van der Waals surface area contributed by atoms with Gasteiger partial charge in [-0.1, -0.05) is 152 Å². The van der Waals surface area contributed by atoms with E-state index in [1.54, 1.807) is 0 Å². The second kappa shape index (κ2) is 14.8. The maximum Gasteiger partial charge on any atom is 0.231 e. The molecule has 2 heterocycles. The fraction of sp³-hybridized carbons (Fsp3) is 0.0370. The Morgan fingerprint density at radius 3 is 1.53 bits per heavy atom. The fourth-order valence-electron chi connectivity index (χ4n) is 9.30. The van der Waals surface area contributed by atoms with Crippen molar-refractivity contribution in [2.45, 2.75) is 11.9 Å². The van der Waals surface area contributed by atoms with Gasteiger partial charge in [0.25, 0.3) is 0 Å². The van der Waals surface area contributed by atoms with E-state index in [9.17, 15) is 0 Å². The number of anilines is 6. The molecule has 2 atom stereocenters. The van der Waals surface area contributed by atoms with Crippen LogP contribution in [0.25, 0.3) is 16.7 Å². The number of nitrogens with zero attached hydrogens (tertiary/aromatic N) is 2. The minimum Gasteiger partial charge on any atom is -0.458 e. The molecule has 8 aromatic carbocycles. The number of fused-ring (bicyclic) bond motifs is 4. The zero-order valence-electron chi connectivity index (χ0n) is 32.4. The van der Waals surface area contributed by atoms with Crippen LogP contribution in [0, 0.1) is 0 Å². The summed E-state index contributed by atoms with van der Waals surface area (Å²) in [5, 5.41) is 4.01. The third kappa shape index (κ3) is 6.19. The third-order valence-electron chi connectivity index (χ3n) is 11.9. The normalized spacial score (nSPS) is 15.9. The molecule has 8 aromatic rings. The first-order chi connectivity index (χ1) is 29.3. The lowest BCUT2D eigenvalue weighted by Crippen LogP contribution is -2.58. The molecule has 0 amide bonds. The van der Waals surface area contributed by atoms with Crippen molar-refractivity contribution in [3.63, 3.8) is 0 Å². The molecule has 0 radical (unpaired) electrons. The predicted molar refractivity (Wildman–Crippen MR) is 247 cm³/mol. The number of ether oxygens (including phenoxy) is 1. The molecule has 1 aliphatic carbocycles. The van der Waals surface area contributed by atoms with E-state index in [-0.39, 0.29) is 18.6 Å². The summed E-state index contributed by atoms with van der Waals surface area (Å²) in [6.07, 6.45) is 5.01. The van der Waals surface area contributed by atoms with E-state index in [4.69, 9.17) is 4.74 Å². The molecule has 0 spiro atoms. The lowest BCUT2D eigenvalue weighted by Gasteiger charge is -2.44. The Balaban J connectivity index is 1.14. The first-order valence-corrected chi connectivity index (χ1v) is 20.4. The highest BCUT2D eigenvalue weighted by atomic mass is 16.5. The maximum absolute atomic E-state index is 7.03. The molecule has 0 saturated carbocycles. The molecular weight excluding hydrogens is 717 g/mol. The summed E-state index contributed by atoms with van der Waals surface area (Å²) in [4.78, 5) is 4.76. The number of hydrogen-bond donors (Lipinski definition) is 1. The van der Waals surface area contributed by atoms with Crippen molar-refractivity contribution in [3.05, 3.63) is 236 Å². The first-order valence-electron chi connectivity index (χ1n) is 20.4. The zero-order valence-corrected chi connectivity index (χ0v) is 32.4. The smallest absolute Gasteiger partial charge is 0.231 e. The molecule has 0 fully saturated rings. The van der Waals surface area contributed by atoms with Crippen LogP contribution >= 0.6 is 0 Å². The van der Waals surface area contributed by atoms with Gasteiger partial charge in [0.15, 0.2) is 0 Å². The summed E-state index contributed by atoms with van der Waals surface area (Å²) in [6.45, 7) is 0.0213. The second-order valence-electron chi connectivity index (χ2n) is 15.3. The van der Waals surface area contributed by atoms with Gasteiger partial charge >= 0.3 is 0 Å². The molecule has 2 unspecified atom stereocenters. The summed E-state index contributed by atoms with van der Waals surface area (Å²) in [7, 11) is 0. The van der Waals surface area contributed by atoms with Crippen molar-refractivity contribution in [1.82, 2.24) is 0 Å². The molecule has 2 aliphatic heterocycles. The minimum atomic E-state index is -0.00363. The van der Waals surface area contributed by atoms with Gasteiger partial charge in [-0.2, -0.15) is 0 Å². The summed E-state index contributed by atoms with van der Waals surface area (Å²) in [6, 6.07) is 75.5. The van der Waals surface area contributed by atoms with Crippen molar-refractivity contribution in [3.8, 4) is 22.6 Å².